The maximum absolute atomic E-state index is 8.58. The predicted molar refractivity (Wildman–Crippen MR) is 76.2 cm³/mol. The normalized spacial score (nSPS) is 11.8. The molecule has 0 bridgehead atoms. The number of nitrogens with zero attached hydrogens (tertiary/aromatic N) is 1. The van der Waals surface area contributed by atoms with E-state index in [1.807, 2.05) is 49.4 Å². The summed E-state index contributed by atoms with van der Waals surface area (Å²) in [4.78, 5) is 0. The average molecular weight is 270 g/mol. The van der Waals surface area contributed by atoms with Crippen molar-refractivity contribution in [3.8, 4) is 11.8 Å². The molecule has 0 fully saturated rings. The largest absolute Gasteiger partial charge is 0.478 e. The zero-order valence-electron chi connectivity index (χ0n) is 11.7. The molecule has 1 heterocycles. The first-order valence-corrected chi connectivity index (χ1v) is 6.58. The van der Waals surface area contributed by atoms with Crippen LogP contribution in [0.1, 0.15) is 30.0 Å². The van der Waals surface area contributed by atoms with E-state index in [0.717, 1.165) is 22.8 Å². The predicted octanol–water partition coefficient (Wildman–Crippen LogP) is 3.34. The monoisotopic (exact) mass is 270 g/mol. The Morgan fingerprint density at radius 1 is 1.30 bits per heavy atom. The van der Waals surface area contributed by atoms with Gasteiger partial charge in [0, 0.05) is 12.1 Å². The summed E-state index contributed by atoms with van der Waals surface area (Å²) in [6.07, 6.45) is 0. The molecule has 0 radical (unpaired) electrons. The molecule has 20 heavy (non-hydrogen) atoms. The third-order valence-corrected chi connectivity index (χ3v) is 3.05. The fourth-order valence-corrected chi connectivity index (χ4v) is 1.95. The van der Waals surface area contributed by atoms with Gasteiger partial charge in [-0.25, -0.2) is 0 Å². The lowest BCUT2D eigenvalue weighted by atomic mass is 10.2. The van der Waals surface area contributed by atoms with Crippen LogP contribution < -0.4 is 10.1 Å². The standard InChI is InChI=1S/C16H18N2O2/c1-12-7-8-15(20-12)13(2)18-11-14-5-3-4-6-16(14)19-10-9-17/h3-8,13,18H,10-11H2,1-2H3. The Hall–Kier alpha value is -2.25. The summed E-state index contributed by atoms with van der Waals surface area (Å²) in [5, 5.41) is 12.0. The Morgan fingerprint density at radius 2 is 2.10 bits per heavy atom. The van der Waals surface area contributed by atoms with E-state index in [1.165, 1.54) is 0 Å². The van der Waals surface area contributed by atoms with Crippen LogP contribution in [0.3, 0.4) is 0 Å². The van der Waals surface area contributed by atoms with E-state index in [2.05, 4.69) is 12.2 Å². The number of hydrogen-bond donors (Lipinski definition) is 1. The van der Waals surface area contributed by atoms with Crippen molar-refractivity contribution in [3.63, 3.8) is 0 Å². The number of aryl methyl sites for hydroxylation is 1. The molecule has 0 saturated carbocycles. The van der Waals surface area contributed by atoms with Gasteiger partial charge >= 0.3 is 0 Å². The topological polar surface area (TPSA) is 58.2 Å². The Bertz CT molecular complexity index is 599. The molecule has 2 rings (SSSR count). The summed E-state index contributed by atoms with van der Waals surface area (Å²) in [5.74, 6) is 2.56. The highest BCUT2D eigenvalue weighted by Crippen LogP contribution is 2.20. The second kappa shape index (κ2) is 6.78. The van der Waals surface area contributed by atoms with Crippen molar-refractivity contribution >= 4 is 0 Å². The van der Waals surface area contributed by atoms with E-state index >= 15 is 0 Å². The van der Waals surface area contributed by atoms with Gasteiger partial charge in [-0.3, -0.25) is 0 Å². The maximum atomic E-state index is 8.58. The van der Waals surface area contributed by atoms with Gasteiger partial charge in [0.1, 0.15) is 23.3 Å². The summed E-state index contributed by atoms with van der Waals surface area (Å²) in [6.45, 7) is 4.70. The van der Waals surface area contributed by atoms with Crippen molar-refractivity contribution in [1.29, 1.82) is 5.26 Å². The van der Waals surface area contributed by atoms with E-state index in [-0.39, 0.29) is 12.6 Å². The first-order valence-electron chi connectivity index (χ1n) is 6.58. The number of rotatable bonds is 6. The van der Waals surface area contributed by atoms with Gasteiger partial charge in [-0.05, 0) is 32.0 Å². The number of hydrogen-bond acceptors (Lipinski definition) is 4. The smallest absolute Gasteiger partial charge is 0.174 e. The molecule has 104 valence electrons. The van der Waals surface area contributed by atoms with E-state index in [4.69, 9.17) is 14.4 Å². The first kappa shape index (κ1) is 14.2. The molecule has 4 nitrogen and oxygen atoms in total. The van der Waals surface area contributed by atoms with Gasteiger partial charge in [-0.1, -0.05) is 18.2 Å². The van der Waals surface area contributed by atoms with Crippen molar-refractivity contribution < 1.29 is 9.15 Å². The molecular formula is C16H18N2O2. The minimum absolute atomic E-state index is 0.0595. The van der Waals surface area contributed by atoms with Gasteiger partial charge in [0.05, 0.1) is 6.04 Å². The molecule has 0 saturated heterocycles. The molecule has 0 aliphatic heterocycles. The lowest BCUT2D eigenvalue weighted by Crippen LogP contribution is -2.18. The Morgan fingerprint density at radius 3 is 2.80 bits per heavy atom. The van der Waals surface area contributed by atoms with Crippen LogP contribution in [0.4, 0.5) is 0 Å². The fourth-order valence-electron chi connectivity index (χ4n) is 1.95. The number of furan rings is 1. The molecule has 0 aliphatic rings. The van der Waals surface area contributed by atoms with Gasteiger partial charge in [0.2, 0.25) is 0 Å². The van der Waals surface area contributed by atoms with Gasteiger partial charge < -0.3 is 14.5 Å². The van der Waals surface area contributed by atoms with Crippen molar-refractivity contribution in [2.24, 2.45) is 0 Å². The molecular weight excluding hydrogens is 252 g/mol. The van der Waals surface area contributed by atoms with E-state index < -0.39 is 0 Å². The zero-order valence-corrected chi connectivity index (χ0v) is 11.7. The van der Waals surface area contributed by atoms with E-state index in [9.17, 15) is 0 Å². The molecule has 0 amide bonds. The van der Waals surface area contributed by atoms with E-state index in [0.29, 0.717) is 6.54 Å². The van der Waals surface area contributed by atoms with Crippen LogP contribution in [0.25, 0.3) is 0 Å². The molecule has 1 N–H and O–H groups in total. The van der Waals surface area contributed by atoms with Crippen LogP contribution in [0.15, 0.2) is 40.8 Å². The van der Waals surface area contributed by atoms with Crippen LogP contribution in [0, 0.1) is 18.3 Å². The summed E-state index contributed by atoms with van der Waals surface area (Å²) in [7, 11) is 0. The van der Waals surface area contributed by atoms with E-state index in [1.54, 1.807) is 0 Å². The molecule has 1 atom stereocenters. The van der Waals surface area contributed by atoms with Crippen LogP contribution in [-0.2, 0) is 6.54 Å². The van der Waals surface area contributed by atoms with Gasteiger partial charge in [0.25, 0.3) is 0 Å². The third kappa shape index (κ3) is 3.62. The highest BCUT2D eigenvalue weighted by atomic mass is 16.5. The quantitative estimate of drug-likeness (QED) is 0.874. The number of para-hydroxylation sites is 1. The van der Waals surface area contributed by atoms with Gasteiger partial charge in [-0.2, -0.15) is 5.26 Å². The third-order valence-electron chi connectivity index (χ3n) is 3.05. The molecule has 4 heteroatoms. The second-order valence-electron chi connectivity index (χ2n) is 4.61. The lowest BCUT2D eigenvalue weighted by Gasteiger charge is -2.14. The first-order chi connectivity index (χ1) is 9.70. The Balaban J connectivity index is 1.98. The minimum atomic E-state index is 0.0595. The average Bonchev–Trinajstić information content (AvgIpc) is 2.90. The molecule has 1 aromatic heterocycles. The summed E-state index contributed by atoms with van der Waals surface area (Å²) >= 11 is 0. The van der Waals surface area contributed by atoms with Crippen LogP contribution in [0.5, 0.6) is 5.75 Å². The molecule has 2 aromatic rings. The van der Waals surface area contributed by atoms with Crippen LogP contribution >= 0.6 is 0 Å². The summed E-state index contributed by atoms with van der Waals surface area (Å²) in [5.41, 5.74) is 1.03. The van der Waals surface area contributed by atoms with Gasteiger partial charge in [-0.15, -0.1) is 0 Å². The van der Waals surface area contributed by atoms with Crippen LogP contribution in [0.2, 0.25) is 0 Å². The number of nitriles is 1. The number of benzene rings is 1. The molecule has 1 aromatic carbocycles. The zero-order chi connectivity index (χ0) is 14.4. The summed E-state index contributed by atoms with van der Waals surface area (Å²) in [6, 6.07) is 13.7. The maximum Gasteiger partial charge on any atom is 0.174 e. The molecule has 0 spiro atoms. The highest BCUT2D eigenvalue weighted by Gasteiger charge is 2.10. The lowest BCUT2D eigenvalue weighted by molar-refractivity contribution is 0.359. The highest BCUT2D eigenvalue weighted by molar-refractivity contribution is 5.33. The Labute approximate surface area is 119 Å². The SMILES string of the molecule is Cc1ccc(C(C)NCc2ccccc2OCC#N)o1. The molecule has 0 aliphatic carbocycles. The van der Waals surface area contributed by atoms with Crippen molar-refractivity contribution in [2.45, 2.75) is 26.4 Å². The molecule has 1 unspecified atom stereocenters. The number of nitrogens with one attached hydrogen (secondary N) is 1. The second-order valence-corrected chi connectivity index (χ2v) is 4.61. The van der Waals surface area contributed by atoms with Gasteiger partial charge in [0.15, 0.2) is 6.61 Å². The minimum Gasteiger partial charge on any atom is -0.478 e. The van der Waals surface area contributed by atoms with Crippen molar-refractivity contribution in [1.82, 2.24) is 5.32 Å². The number of ether oxygens (including phenoxy) is 1. The van der Waals surface area contributed by atoms with Crippen LogP contribution in [-0.4, -0.2) is 6.61 Å². The van der Waals surface area contributed by atoms with Crippen molar-refractivity contribution in [2.75, 3.05) is 6.61 Å². The fraction of sp³-hybridized carbons (Fsp3) is 0.312. The van der Waals surface area contributed by atoms with Crippen molar-refractivity contribution in [3.05, 3.63) is 53.5 Å². The Kier molecular flexibility index (Phi) is 4.80. The summed E-state index contributed by atoms with van der Waals surface area (Å²) < 4.78 is 11.0.